The van der Waals surface area contributed by atoms with E-state index in [0.29, 0.717) is 34.7 Å². The topological polar surface area (TPSA) is 111 Å². The van der Waals surface area contributed by atoms with Gasteiger partial charge in [-0.25, -0.2) is 0 Å². The molecule has 0 aromatic heterocycles. The Morgan fingerprint density at radius 2 is 1.95 bits per heavy atom. The molecular weight excluding hydrogens is 278 g/mol. The molecule has 4 rings (SSSR count). The fourth-order valence-corrected chi connectivity index (χ4v) is 3.17. The van der Waals surface area contributed by atoms with Gasteiger partial charge in [-0.3, -0.25) is 0 Å². The van der Waals surface area contributed by atoms with Crippen molar-refractivity contribution in [1.82, 2.24) is 5.32 Å². The van der Waals surface area contributed by atoms with E-state index in [-0.39, 0.29) is 12.5 Å². The number of rotatable bonds is 0. The standard InChI is InChI=1S/C14H15NO6/c16-8-1-6-5-2-9-14(21-4-20-9)11(17)7(5)3-15-10(6)13(19)12(8)18/h1-2,8,10,12-13,15-19H,3-4H2/t8-,10+,12+,13-/m0/s1. The number of phenols is 1. The van der Waals surface area contributed by atoms with Crippen molar-refractivity contribution in [1.29, 1.82) is 0 Å². The van der Waals surface area contributed by atoms with Gasteiger partial charge in [-0.2, -0.15) is 0 Å². The lowest BCUT2D eigenvalue weighted by molar-refractivity contribution is -0.0548. The van der Waals surface area contributed by atoms with Gasteiger partial charge in [0, 0.05) is 12.1 Å². The molecule has 21 heavy (non-hydrogen) atoms. The van der Waals surface area contributed by atoms with Crippen molar-refractivity contribution in [2.75, 3.05) is 6.79 Å². The molecule has 4 atom stereocenters. The molecule has 0 saturated carbocycles. The Bertz CT molecular complexity index is 643. The van der Waals surface area contributed by atoms with Crippen LogP contribution in [0.25, 0.3) is 5.57 Å². The predicted molar refractivity (Wildman–Crippen MR) is 70.9 cm³/mol. The predicted octanol–water partition coefficient (Wildman–Crippen LogP) is -0.928. The smallest absolute Gasteiger partial charge is 0.231 e. The van der Waals surface area contributed by atoms with Crippen LogP contribution in [0.1, 0.15) is 11.1 Å². The van der Waals surface area contributed by atoms with Crippen LogP contribution < -0.4 is 14.8 Å². The summed E-state index contributed by atoms with van der Waals surface area (Å²) >= 11 is 0. The van der Waals surface area contributed by atoms with E-state index in [0.717, 1.165) is 0 Å². The van der Waals surface area contributed by atoms with Gasteiger partial charge >= 0.3 is 0 Å². The molecule has 7 heteroatoms. The first-order valence-electron chi connectivity index (χ1n) is 6.72. The first-order chi connectivity index (χ1) is 10.1. The fourth-order valence-electron chi connectivity index (χ4n) is 3.17. The summed E-state index contributed by atoms with van der Waals surface area (Å²) in [6.07, 6.45) is -2.03. The van der Waals surface area contributed by atoms with Crippen molar-refractivity contribution in [3.05, 3.63) is 23.3 Å². The molecule has 0 amide bonds. The molecule has 0 spiro atoms. The number of aliphatic hydroxyl groups excluding tert-OH is 3. The Labute approximate surface area is 120 Å². The summed E-state index contributed by atoms with van der Waals surface area (Å²) in [4.78, 5) is 0. The summed E-state index contributed by atoms with van der Waals surface area (Å²) < 4.78 is 10.5. The average Bonchev–Trinajstić information content (AvgIpc) is 2.94. The van der Waals surface area contributed by atoms with Crippen molar-refractivity contribution < 1.29 is 29.9 Å². The fraction of sp³-hybridized carbons (Fsp3) is 0.429. The highest BCUT2D eigenvalue weighted by molar-refractivity contribution is 5.80. The maximum absolute atomic E-state index is 10.3. The summed E-state index contributed by atoms with van der Waals surface area (Å²) in [6.45, 7) is 0.366. The van der Waals surface area contributed by atoms with Gasteiger partial charge in [0.05, 0.1) is 6.04 Å². The van der Waals surface area contributed by atoms with Gasteiger partial charge in [0.1, 0.15) is 18.3 Å². The van der Waals surface area contributed by atoms with Gasteiger partial charge in [-0.15, -0.1) is 0 Å². The lowest BCUT2D eigenvalue weighted by Crippen LogP contribution is -2.55. The first kappa shape index (κ1) is 12.9. The van der Waals surface area contributed by atoms with Crippen molar-refractivity contribution in [2.45, 2.75) is 30.9 Å². The highest BCUT2D eigenvalue weighted by Gasteiger charge is 2.41. The lowest BCUT2D eigenvalue weighted by Gasteiger charge is -2.39. The second kappa shape index (κ2) is 4.35. The van der Waals surface area contributed by atoms with Crippen LogP contribution in [0.3, 0.4) is 0 Å². The number of hydrogen-bond donors (Lipinski definition) is 5. The molecule has 2 heterocycles. The summed E-state index contributed by atoms with van der Waals surface area (Å²) in [5, 5.41) is 43.1. The van der Waals surface area contributed by atoms with Gasteiger partial charge in [-0.1, -0.05) is 0 Å². The normalized spacial score (nSPS) is 33.2. The first-order valence-corrected chi connectivity index (χ1v) is 6.72. The van der Waals surface area contributed by atoms with Gasteiger partial charge < -0.3 is 35.2 Å². The third-order valence-corrected chi connectivity index (χ3v) is 4.28. The van der Waals surface area contributed by atoms with E-state index in [1.165, 1.54) is 6.08 Å². The number of ether oxygens (including phenoxy) is 2. The van der Waals surface area contributed by atoms with Crippen molar-refractivity contribution in [2.24, 2.45) is 0 Å². The number of benzene rings is 1. The molecule has 3 aliphatic rings. The minimum Gasteiger partial charge on any atom is -0.504 e. The van der Waals surface area contributed by atoms with Gasteiger partial charge in [0.25, 0.3) is 0 Å². The van der Waals surface area contributed by atoms with Crippen LogP contribution in [0.5, 0.6) is 17.2 Å². The SMILES string of the molecule is Oc1c2c(cc3c1OCO3)C1=C[C@H](O)[C@@H](O)[C@@H](O)[C@@H]1NC2. The quantitative estimate of drug-likeness (QED) is 0.420. The maximum Gasteiger partial charge on any atom is 0.231 e. The molecule has 7 nitrogen and oxygen atoms in total. The summed E-state index contributed by atoms with van der Waals surface area (Å²) in [7, 11) is 0. The van der Waals surface area contributed by atoms with Crippen LogP contribution in [-0.2, 0) is 6.54 Å². The largest absolute Gasteiger partial charge is 0.504 e. The number of hydrogen-bond acceptors (Lipinski definition) is 7. The molecule has 0 radical (unpaired) electrons. The molecule has 1 aliphatic carbocycles. The molecule has 0 saturated heterocycles. The Morgan fingerprint density at radius 1 is 1.14 bits per heavy atom. The van der Waals surface area contributed by atoms with Crippen LogP contribution in [0, 0.1) is 0 Å². The lowest BCUT2D eigenvalue weighted by atomic mass is 9.79. The summed E-state index contributed by atoms with van der Waals surface area (Å²) in [5.74, 6) is 0.747. The summed E-state index contributed by atoms with van der Waals surface area (Å²) in [5.41, 5.74) is 1.94. The molecule has 1 aromatic rings. The monoisotopic (exact) mass is 293 g/mol. The van der Waals surface area contributed by atoms with Crippen LogP contribution in [-0.4, -0.2) is 51.6 Å². The highest BCUT2D eigenvalue weighted by Crippen LogP contribution is 2.48. The minimum atomic E-state index is -1.24. The number of fused-ring (bicyclic) bond motifs is 4. The van der Waals surface area contributed by atoms with Gasteiger partial charge in [0.2, 0.25) is 12.5 Å². The maximum atomic E-state index is 10.3. The van der Waals surface area contributed by atoms with Crippen molar-refractivity contribution >= 4 is 5.57 Å². The van der Waals surface area contributed by atoms with Gasteiger partial charge in [0.15, 0.2) is 11.5 Å². The third-order valence-electron chi connectivity index (χ3n) is 4.28. The van der Waals surface area contributed by atoms with Crippen LogP contribution in [0.15, 0.2) is 12.1 Å². The van der Waals surface area contributed by atoms with E-state index >= 15 is 0 Å². The van der Waals surface area contributed by atoms with Crippen molar-refractivity contribution in [3.8, 4) is 17.2 Å². The van der Waals surface area contributed by atoms with E-state index < -0.39 is 24.4 Å². The second-order valence-electron chi connectivity index (χ2n) is 5.44. The van der Waals surface area contributed by atoms with Crippen LogP contribution >= 0.6 is 0 Å². The Morgan fingerprint density at radius 3 is 2.76 bits per heavy atom. The molecule has 0 fully saturated rings. The number of aromatic hydroxyl groups is 1. The Hall–Kier alpha value is -1.80. The van der Waals surface area contributed by atoms with E-state index in [9.17, 15) is 20.4 Å². The van der Waals surface area contributed by atoms with Crippen LogP contribution in [0.2, 0.25) is 0 Å². The van der Waals surface area contributed by atoms with E-state index in [4.69, 9.17) is 9.47 Å². The zero-order valence-corrected chi connectivity index (χ0v) is 11.0. The van der Waals surface area contributed by atoms with E-state index in [1.807, 2.05) is 0 Å². The van der Waals surface area contributed by atoms with Crippen LogP contribution in [0.4, 0.5) is 0 Å². The number of aliphatic hydroxyl groups is 3. The molecule has 0 bridgehead atoms. The number of nitrogens with one attached hydrogen (secondary N) is 1. The van der Waals surface area contributed by atoms with Crippen molar-refractivity contribution in [3.63, 3.8) is 0 Å². The molecule has 0 unspecified atom stereocenters. The second-order valence-corrected chi connectivity index (χ2v) is 5.44. The molecular formula is C14H15NO6. The minimum absolute atomic E-state index is 0.00181. The summed E-state index contributed by atoms with van der Waals surface area (Å²) in [6, 6.07) is 1.23. The number of phenolic OH excluding ortho intramolecular Hbond substituents is 1. The Balaban J connectivity index is 1.89. The molecule has 1 aromatic carbocycles. The van der Waals surface area contributed by atoms with E-state index in [2.05, 4.69) is 5.32 Å². The Kier molecular flexibility index (Phi) is 2.67. The highest BCUT2D eigenvalue weighted by atomic mass is 16.7. The molecule has 5 N–H and O–H groups in total. The van der Waals surface area contributed by atoms with Gasteiger partial charge in [-0.05, 0) is 23.3 Å². The zero-order chi connectivity index (χ0) is 14.7. The van der Waals surface area contributed by atoms with E-state index in [1.54, 1.807) is 6.07 Å². The average molecular weight is 293 g/mol. The molecule has 2 aliphatic heterocycles. The zero-order valence-electron chi connectivity index (χ0n) is 11.0. The molecule has 112 valence electrons. The third kappa shape index (κ3) is 1.69.